The van der Waals surface area contributed by atoms with E-state index in [4.69, 9.17) is 4.74 Å². The van der Waals surface area contributed by atoms with Crippen molar-refractivity contribution in [2.75, 3.05) is 0 Å². The lowest BCUT2D eigenvalue weighted by Gasteiger charge is -2.11. The first-order valence-electron chi connectivity index (χ1n) is 5.68. The van der Waals surface area contributed by atoms with Crippen LogP contribution in [0.15, 0.2) is 42.5 Å². The standard InChI is InChI=1S/C14H12F3NO/c1-10-11(7-8-13(18-10)14(15,16)17)9-19-12-5-3-2-4-6-12/h2-8H,9H2,1H3. The second-order valence-electron chi connectivity index (χ2n) is 4.04. The van der Waals surface area contributed by atoms with Crippen LogP contribution in [0.3, 0.4) is 0 Å². The number of halogens is 3. The summed E-state index contributed by atoms with van der Waals surface area (Å²) in [5, 5.41) is 0. The summed E-state index contributed by atoms with van der Waals surface area (Å²) >= 11 is 0. The Morgan fingerprint density at radius 3 is 2.32 bits per heavy atom. The molecule has 1 aromatic carbocycles. The number of para-hydroxylation sites is 1. The molecule has 0 bridgehead atoms. The summed E-state index contributed by atoms with van der Waals surface area (Å²) in [6.07, 6.45) is -4.41. The zero-order valence-corrected chi connectivity index (χ0v) is 10.2. The molecule has 0 fully saturated rings. The molecule has 0 unspecified atom stereocenters. The molecule has 0 saturated carbocycles. The second-order valence-corrected chi connectivity index (χ2v) is 4.04. The molecule has 0 aliphatic carbocycles. The first-order chi connectivity index (χ1) is 8.97. The van der Waals surface area contributed by atoms with Crippen molar-refractivity contribution in [2.24, 2.45) is 0 Å². The summed E-state index contributed by atoms with van der Waals surface area (Å²) in [7, 11) is 0. The van der Waals surface area contributed by atoms with E-state index >= 15 is 0 Å². The van der Waals surface area contributed by atoms with Crippen molar-refractivity contribution < 1.29 is 17.9 Å². The number of nitrogens with zero attached hydrogens (tertiary/aromatic N) is 1. The van der Waals surface area contributed by atoms with Gasteiger partial charge in [-0.3, -0.25) is 0 Å². The molecule has 0 aliphatic rings. The molecular formula is C14H12F3NO. The highest BCUT2D eigenvalue weighted by molar-refractivity contribution is 5.25. The molecule has 1 aromatic heterocycles. The molecule has 1 heterocycles. The monoisotopic (exact) mass is 267 g/mol. The third-order valence-electron chi connectivity index (χ3n) is 2.62. The van der Waals surface area contributed by atoms with Gasteiger partial charge in [0, 0.05) is 11.3 Å². The van der Waals surface area contributed by atoms with Crippen LogP contribution in [-0.4, -0.2) is 4.98 Å². The lowest BCUT2D eigenvalue weighted by molar-refractivity contribution is -0.141. The van der Waals surface area contributed by atoms with Crippen LogP contribution in [0.1, 0.15) is 17.0 Å². The van der Waals surface area contributed by atoms with E-state index in [0.717, 1.165) is 6.07 Å². The number of hydrogen-bond acceptors (Lipinski definition) is 2. The minimum Gasteiger partial charge on any atom is -0.489 e. The number of hydrogen-bond donors (Lipinski definition) is 0. The molecule has 0 radical (unpaired) electrons. The topological polar surface area (TPSA) is 22.1 Å². The summed E-state index contributed by atoms with van der Waals surface area (Å²) in [4.78, 5) is 3.55. The molecule has 2 rings (SSSR count). The highest BCUT2D eigenvalue weighted by Crippen LogP contribution is 2.28. The van der Waals surface area contributed by atoms with Gasteiger partial charge in [-0.1, -0.05) is 24.3 Å². The van der Waals surface area contributed by atoms with Crippen LogP contribution >= 0.6 is 0 Å². The van der Waals surface area contributed by atoms with Crippen LogP contribution in [0, 0.1) is 6.92 Å². The van der Waals surface area contributed by atoms with Gasteiger partial charge in [0.1, 0.15) is 18.1 Å². The van der Waals surface area contributed by atoms with Gasteiger partial charge in [-0.05, 0) is 25.1 Å². The smallest absolute Gasteiger partial charge is 0.433 e. The van der Waals surface area contributed by atoms with E-state index in [9.17, 15) is 13.2 Å². The predicted molar refractivity (Wildman–Crippen MR) is 64.8 cm³/mol. The van der Waals surface area contributed by atoms with Gasteiger partial charge in [-0.25, -0.2) is 4.98 Å². The van der Waals surface area contributed by atoms with Crippen LogP contribution in [0.5, 0.6) is 5.75 Å². The highest BCUT2D eigenvalue weighted by atomic mass is 19.4. The number of pyridine rings is 1. The number of rotatable bonds is 3. The van der Waals surface area contributed by atoms with E-state index in [2.05, 4.69) is 4.98 Å². The molecule has 0 saturated heterocycles. The number of aryl methyl sites for hydroxylation is 1. The van der Waals surface area contributed by atoms with E-state index in [1.54, 1.807) is 19.1 Å². The van der Waals surface area contributed by atoms with Gasteiger partial charge in [-0.15, -0.1) is 0 Å². The molecule has 19 heavy (non-hydrogen) atoms. The third kappa shape index (κ3) is 3.47. The first-order valence-corrected chi connectivity index (χ1v) is 5.68. The lowest BCUT2D eigenvalue weighted by atomic mass is 10.2. The SMILES string of the molecule is Cc1nc(C(F)(F)F)ccc1COc1ccccc1. The molecule has 100 valence electrons. The first kappa shape index (κ1) is 13.4. The van der Waals surface area contributed by atoms with E-state index in [-0.39, 0.29) is 6.61 Å². The van der Waals surface area contributed by atoms with E-state index in [1.807, 2.05) is 18.2 Å². The minimum atomic E-state index is -4.41. The van der Waals surface area contributed by atoms with Gasteiger partial charge in [0.05, 0.1) is 0 Å². The van der Waals surface area contributed by atoms with Crippen molar-refractivity contribution in [3.63, 3.8) is 0 Å². The fourth-order valence-electron chi connectivity index (χ4n) is 1.58. The normalized spacial score (nSPS) is 11.4. The molecule has 5 heteroatoms. The molecule has 0 amide bonds. The number of alkyl halides is 3. The number of benzene rings is 1. The van der Waals surface area contributed by atoms with Crippen molar-refractivity contribution in [1.82, 2.24) is 4.98 Å². The maximum absolute atomic E-state index is 12.5. The molecule has 2 nitrogen and oxygen atoms in total. The molecule has 2 aromatic rings. The van der Waals surface area contributed by atoms with E-state index in [1.165, 1.54) is 6.07 Å². The molecule has 0 spiro atoms. The van der Waals surface area contributed by atoms with Crippen molar-refractivity contribution in [3.05, 3.63) is 59.4 Å². The van der Waals surface area contributed by atoms with Gasteiger partial charge in [0.15, 0.2) is 0 Å². The maximum Gasteiger partial charge on any atom is 0.433 e. The summed E-state index contributed by atoms with van der Waals surface area (Å²) in [5.41, 5.74) is 0.0797. The van der Waals surface area contributed by atoms with Crippen LogP contribution < -0.4 is 4.74 Å². The van der Waals surface area contributed by atoms with Crippen LogP contribution in [-0.2, 0) is 12.8 Å². The van der Waals surface area contributed by atoms with E-state index < -0.39 is 11.9 Å². The molecular weight excluding hydrogens is 255 g/mol. The maximum atomic E-state index is 12.5. The fourth-order valence-corrected chi connectivity index (χ4v) is 1.58. The molecule has 0 aliphatic heterocycles. The average Bonchev–Trinajstić information content (AvgIpc) is 2.37. The van der Waals surface area contributed by atoms with Gasteiger partial charge in [-0.2, -0.15) is 13.2 Å². The average molecular weight is 267 g/mol. The molecule has 0 N–H and O–H groups in total. The largest absolute Gasteiger partial charge is 0.489 e. The van der Waals surface area contributed by atoms with Gasteiger partial charge < -0.3 is 4.74 Å². The summed E-state index contributed by atoms with van der Waals surface area (Å²) in [5.74, 6) is 0.668. The van der Waals surface area contributed by atoms with Crippen LogP contribution in [0.4, 0.5) is 13.2 Å². The Morgan fingerprint density at radius 1 is 1.05 bits per heavy atom. The molecule has 0 atom stereocenters. The summed E-state index contributed by atoms with van der Waals surface area (Å²) in [6, 6.07) is 11.4. The Balaban J connectivity index is 2.10. The lowest BCUT2D eigenvalue weighted by Crippen LogP contribution is -2.10. The zero-order valence-electron chi connectivity index (χ0n) is 10.2. The quantitative estimate of drug-likeness (QED) is 0.839. The Morgan fingerprint density at radius 2 is 1.74 bits per heavy atom. The van der Waals surface area contributed by atoms with Gasteiger partial charge in [0.25, 0.3) is 0 Å². The Bertz CT molecular complexity index is 552. The van der Waals surface area contributed by atoms with Crippen molar-refractivity contribution in [1.29, 1.82) is 0 Å². The van der Waals surface area contributed by atoms with Crippen molar-refractivity contribution in [2.45, 2.75) is 19.7 Å². The fraction of sp³-hybridized carbons (Fsp3) is 0.214. The van der Waals surface area contributed by atoms with Crippen molar-refractivity contribution >= 4 is 0 Å². The Labute approximate surface area is 108 Å². The van der Waals surface area contributed by atoms with Gasteiger partial charge in [0.2, 0.25) is 0 Å². The number of ether oxygens (including phenoxy) is 1. The van der Waals surface area contributed by atoms with Crippen LogP contribution in [0.2, 0.25) is 0 Å². The highest BCUT2D eigenvalue weighted by Gasteiger charge is 2.32. The third-order valence-corrected chi connectivity index (χ3v) is 2.62. The zero-order chi connectivity index (χ0) is 13.9. The minimum absolute atomic E-state index is 0.195. The number of aromatic nitrogens is 1. The Kier molecular flexibility index (Phi) is 3.74. The van der Waals surface area contributed by atoms with Gasteiger partial charge >= 0.3 is 6.18 Å². The van der Waals surface area contributed by atoms with Crippen molar-refractivity contribution in [3.8, 4) is 5.75 Å². The van der Waals surface area contributed by atoms with E-state index in [0.29, 0.717) is 17.0 Å². The predicted octanol–water partition coefficient (Wildman–Crippen LogP) is 3.99. The van der Waals surface area contributed by atoms with Crippen LogP contribution in [0.25, 0.3) is 0 Å². The summed E-state index contributed by atoms with van der Waals surface area (Å²) in [6.45, 7) is 1.74. The second kappa shape index (κ2) is 5.30. The summed E-state index contributed by atoms with van der Waals surface area (Å²) < 4.78 is 42.8. The Hall–Kier alpha value is -2.04.